The minimum Gasteiger partial charge on any atom is -0.380 e. The lowest BCUT2D eigenvalue weighted by Crippen LogP contribution is -2.38. The highest BCUT2D eigenvalue weighted by Gasteiger charge is 2.35. The van der Waals surface area contributed by atoms with E-state index in [0.29, 0.717) is 22.1 Å². The highest BCUT2D eigenvalue weighted by molar-refractivity contribution is 9.10. The van der Waals surface area contributed by atoms with Crippen molar-refractivity contribution < 1.29 is 8.78 Å². The lowest BCUT2D eigenvalue weighted by Gasteiger charge is -2.27. The Morgan fingerprint density at radius 3 is 2.70 bits per heavy atom. The summed E-state index contributed by atoms with van der Waals surface area (Å²) in [5.74, 6) is -0.537. The van der Waals surface area contributed by atoms with Crippen LogP contribution in [0, 0.1) is 17.6 Å². The predicted molar refractivity (Wildman–Crippen MR) is 79.8 cm³/mol. The van der Waals surface area contributed by atoms with E-state index < -0.39 is 11.6 Å². The number of rotatable bonds is 3. The maximum Gasteiger partial charge on any atom is 0.149 e. The summed E-state index contributed by atoms with van der Waals surface area (Å²) >= 11 is 3.12. The Labute approximate surface area is 126 Å². The van der Waals surface area contributed by atoms with Crippen molar-refractivity contribution in [3.8, 4) is 0 Å². The minimum atomic E-state index is -0.562. The first kappa shape index (κ1) is 14.3. The van der Waals surface area contributed by atoms with Gasteiger partial charge >= 0.3 is 0 Å². The van der Waals surface area contributed by atoms with E-state index >= 15 is 0 Å². The van der Waals surface area contributed by atoms with E-state index in [1.807, 2.05) is 0 Å². The van der Waals surface area contributed by atoms with Crippen molar-refractivity contribution in [3.63, 3.8) is 0 Å². The molecule has 1 saturated carbocycles. The average Bonchev–Trinajstić information content (AvgIpc) is 3.06. The van der Waals surface area contributed by atoms with Crippen LogP contribution in [-0.4, -0.2) is 18.6 Å². The lowest BCUT2D eigenvalue weighted by molar-refractivity contribution is 0.375. The molecule has 0 radical (unpaired) electrons. The van der Waals surface area contributed by atoms with Crippen LogP contribution in [0.15, 0.2) is 16.6 Å². The van der Waals surface area contributed by atoms with E-state index in [4.69, 9.17) is 0 Å². The van der Waals surface area contributed by atoms with Gasteiger partial charge in [-0.3, -0.25) is 0 Å². The first-order valence-electron chi connectivity index (χ1n) is 7.29. The molecule has 1 aromatic rings. The molecule has 1 heterocycles. The second kappa shape index (κ2) is 5.98. The summed E-state index contributed by atoms with van der Waals surface area (Å²) in [5.41, 5.74) is 0.396. The van der Waals surface area contributed by atoms with Gasteiger partial charge in [0.05, 0.1) is 10.2 Å². The molecule has 3 unspecified atom stereocenters. The summed E-state index contributed by atoms with van der Waals surface area (Å²) in [4.78, 5) is 0. The Hall–Kier alpha value is -0.680. The lowest BCUT2D eigenvalue weighted by atomic mass is 9.93. The molecule has 2 fully saturated rings. The van der Waals surface area contributed by atoms with Crippen LogP contribution in [-0.2, 0) is 0 Å². The van der Waals surface area contributed by atoms with Crippen molar-refractivity contribution in [2.75, 3.05) is 11.9 Å². The molecule has 0 aromatic heterocycles. The number of anilines is 1. The van der Waals surface area contributed by atoms with E-state index in [9.17, 15) is 8.78 Å². The molecule has 1 aliphatic carbocycles. The summed E-state index contributed by atoms with van der Waals surface area (Å²) in [5, 5.41) is 6.84. The van der Waals surface area contributed by atoms with Crippen LogP contribution in [0.1, 0.15) is 32.1 Å². The fourth-order valence-corrected chi connectivity index (χ4v) is 3.90. The van der Waals surface area contributed by atoms with Crippen molar-refractivity contribution >= 4 is 21.6 Å². The van der Waals surface area contributed by atoms with Crippen LogP contribution in [0.4, 0.5) is 14.5 Å². The fourth-order valence-electron chi connectivity index (χ4n) is 3.56. The molecular formula is C15H19BrF2N2. The third-order valence-corrected chi connectivity index (χ3v) is 5.14. The summed E-state index contributed by atoms with van der Waals surface area (Å²) in [6, 6.07) is 3.26. The molecule has 20 heavy (non-hydrogen) atoms. The van der Waals surface area contributed by atoms with Gasteiger partial charge in [-0.2, -0.15) is 0 Å². The number of hydrogen-bond acceptors (Lipinski definition) is 2. The molecule has 0 spiro atoms. The normalized spacial score (nSPS) is 29.9. The second-order valence-electron chi connectivity index (χ2n) is 5.79. The summed E-state index contributed by atoms with van der Waals surface area (Å²) in [7, 11) is 0. The maximum absolute atomic E-state index is 13.8. The fraction of sp³-hybridized carbons (Fsp3) is 0.600. The van der Waals surface area contributed by atoms with Crippen molar-refractivity contribution in [2.24, 2.45) is 5.92 Å². The van der Waals surface area contributed by atoms with Gasteiger partial charge in [-0.15, -0.1) is 0 Å². The van der Waals surface area contributed by atoms with Gasteiger partial charge in [0.1, 0.15) is 11.6 Å². The molecule has 3 rings (SSSR count). The Morgan fingerprint density at radius 2 is 1.95 bits per heavy atom. The number of nitrogens with one attached hydrogen (secondary N) is 2. The molecule has 0 amide bonds. The van der Waals surface area contributed by atoms with Gasteiger partial charge in [-0.05, 0) is 60.1 Å². The predicted octanol–water partition coefficient (Wildman–Crippen LogP) is 4.06. The van der Waals surface area contributed by atoms with Crippen LogP contribution in [0.2, 0.25) is 0 Å². The standard InChI is InChI=1S/C15H19BrF2N2/c16-10-7-15(12(18)8-11(10)17)20-14-4-1-3-9(14)13-5-2-6-19-13/h7-9,13-14,19-20H,1-6H2. The SMILES string of the molecule is Fc1cc(F)c(NC2CCCC2C2CCCN2)cc1Br. The van der Waals surface area contributed by atoms with Crippen LogP contribution in [0.5, 0.6) is 0 Å². The monoisotopic (exact) mass is 344 g/mol. The van der Waals surface area contributed by atoms with Gasteiger partial charge in [0.25, 0.3) is 0 Å². The van der Waals surface area contributed by atoms with Crippen molar-refractivity contribution in [3.05, 3.63) is 28.2 Å². The zero-order valence-electron chi connectivity index (χ0n) is 11.3. The molecule has 3 atom stereocenters. The van der Waals surface area contributed by atoms with Gasteiger partial charge in [0.2, 0.25) is 0 Å². The van der Waals surface area contributed by atoms with Gasteiger partial charge in [-0.25, -0.2) is 8.78 Å². The number of hydrogen-bond donors (Lipinski definition) is 2. The molecule has 5 heteroatoms. The van der Waals surface area contributed by atoms with Crippen LogP contribution >= 0.6 is 15.9 Å². The summed E-state index contributed by atoms with van der Waals surface area (Å²) < 4.78 is 27.4. The average molecular weight is 345 g/mol. The molecule has 2 aliphatic rings. The Balaban J connectivity index is 1.74. The topological polar surface area (TPSA) is 24.1 Å². The highest BCUT2D eigenvalue weighted by atomic mass is 79.9. The van der Waals surface area contributed by atoms with E-state index in [0.717, 1.165) is 19.0 Å². The largest absolute Gasteiger partial charge is 0.380 e. The first-order valence-corrected chi connectivity index (χ1v) is 8.09. The molecule has 110 valence electrons. The van der Waals surface area contributed by atoms with Gasteiger partial charge in [-0.1, -0.05) is 6.42 Å². The Bertz CT molecular complexity index is 489. The molecule has 2 nitrogen and oxygen atoms in total. The minimum absolute atomic E-state index is 0.275. The van der Waals surface area contributed by atoms with E-state index in [1.165, 1.54) is 31.7 Å². The molecular weight excluding hydrogens is 326 g/mol. The molecule has 2 N–H and O–H groups in total. The van der Waals surface area contributed by atoms with Crippen molar-refractivity contribution in [2.45, 2.75) is 44.2 Å². The third kappa shape index (κ3) is 2.84. The van der Waals surface area contributed by atoms with Gasteiger partial charge < -0.3 is 10.6 Å². The van der Waals surface area contributed by atoms with Crippen LogP contribution in [0.3, 0.4) is 0 Å². The second-order valence-corrected chi connectivity index (χ2v) is 6.65. The van der Waals surface area contributed by atoms with E-state index in [-0.39, 0.29) is 6.04 Å². The maximum atomic E-state index is 13.8. The molecule has 0 bridgehead atoms. The summed E-state index contributed by atoms with van der Waals surface area (Å²) in [6.45, 7) is 1.09. The van der Waals surface area contributed by atoms with Gasteiger partial charge in [0, 0.05) is 18.2 Å². The van der Waals surface area contributed by atoms with Crippen LogP contribution < -0.4 is 10.6 Å². The highest BCUT2D eigenvalue weighted by Crippen LogP contribution is 2.35. The van der Waals surface area contributed by atoms with E-state index in [1.54, 1.807) is 0 Å². The van der Waals surface area contributed by atoms with Crippen LogP contribution in [0.25, 0.3) is 0 Å². The van der Waals surface area contributed by atoms with Crippen molar-refractivity contribution in [1.82, 2.24) is 5.32 Å². The number of halogens is 3. The van der Waals surface area contributed by atoms with E-state index in [2.05, 4.69) is 26.6 Å². The quantitative estimate of drug-likeness (QED) is 0.808. The third-order valence-electron chi connectivity index (χ3n) is 4.54. The summed E-state index contributed by atoms with van der Waals surface area (Å²) in [6.07, 6.45) is 5.84. The Morgan fingerprint density at radius 1 is 1.10 bits per heavy atom. The first-order chi connectivity index (χ1) is 9.65. The zero-order valence-corrected chi connectivity index (χ0v) is 12.8. The molecule has 1 saturated heterocycles. The molecule has 1 aliphatic heterocycles. The van der Waals surface area contributed by atoms with Gasteiger partial charge in [0.15, 0.2) is 0 Å². The molecule has 1 aromatic carbocycles. The smallest absolute Gasteiger partial charge is 0.149 e. The van der Waals surface area contributed by atoms with Crippen molar-refractivity contribution in [1.29, 1.82) is 0 Å². The number of benzene rings is 1. The Kier molecular flexibility index (Phi) is 4.26. The zero-order chi connectivity index (χ0) is 14.1.